The predicted molar refractivity (Wildman–Crippen MR) is 144 cm³/mol. The highest BCUT2D eigenvalue weighted by atomic mass is 16.6. The van der Waals surface area contributed by atoms with Gasteiger partial charge in [-0.2, -0.15) is 0 Å². The van der Waals surface area contributed by atoms with E-state index >= 15 is 0 Å². The molecule has 0 radical (unpaired) electrons. The molecule has 3 saturated carbocycles. The largest absolute Gasteiger partial charge is 0.491 e. The lowest BCUT2D eigenvalue weighted by Crippen LogP contribution is -2.63. The highest BCUT2D eigenvalue weighted by Crippen LogP contribution is 2.68. The summed E-state index contributed by atoms with van der Waals surface area (Å²) in [7, 11) is -1.00. The summed E-state index contributed by atoms with van der Waals surface area (Å²) in [6.45, 7) is 14.4. The van der Waals surface area contributed by atoms with Crippen LogP contribution in [0.1, 0.15) is 70.9 Å². The number of carbonyl (C=O) groups excluding carboxylic acids is 2. The van der Waals surface area contributed by atoms with Crippen molar-refractivity contribution in [2.45, 2.75) is 85.5 Å². The van der Waals surface area contributed by atoms with E-state index in [9.17, 15) is 19.7 Å². The Labute approximate surface area is 226 Å². The molecule has 0 saturated heterocycles. The van der Waals surface area contributed by atoms with Gasteiger partial charge in [0.25, 0.3) is 0 Å². The van der Waals surface area contributed by atoms with Crippen LogP contribution in [-0.4, -0.2) is 47.8 Å². The smallest absolute Gasteiger partial charge is 0.482 e. The van der Waals surface area contributed by atoms with Gasteiger partial charge in [0, 0.05) is 23.2 Å². The Balaban J connectivity index is 1.44. The van der Waals surface area contributed by atoms with Gasteiger partial charge in [-0.25, -0.2) is 4.79 Å². The number of benzene rings is 1. The van der Waals surface area contributed by atoms with Crippen LogP contribution in [0, 0.1) is 40.9 Å². The SMILES string of the molecule is C=C[C@]1(C)C[C@@H](OC(=O)COc2cc(C)c3c(c2)B(O)OC3)[C@]2(C)[C@H](C)CC[C@]3(CCC(=O)[C@H]32)[C@@H](C)[C@@H]1O. The van der Waals surface area contributed by atoms with Gasteiger partial charge in [0.1, 0.15) is 17.6 Å². The number of hydrogen-bond acceptors (Lipinski definition) is 7. The van der Waals surface area contributed by atoms with E-state index in [1.807, 2.05) is 19.9 Å². The summed E-state index contributed by atoms with van der Waals surface area (Å²) in [5.41, 5.74) is 0.952. The van der Waals surface area contributed by atoms with Gasteiger partial charge in [-0.1, -0.05) is 33.8 Å². The van der Waals surface area contributed by atoms with Gasteiger partial charge in [0.15, 0.2) is 6.61 Å². The Kier molecular flexibility index (Phi) is 6.85. The molecular weight excluding hydrogens is 483 g/mol. The maximum Gasteiger partial charge on any atom is 0.491 e. The van der Waals surface area contributed by atoms with Gasteiger partial charge in [0.2, 0.25) is 0 Å². The molecule has 8 heteroatoms. The third-order valence-electron chi connectivity index (χ3n) is 11.1. The number of aliphatic hydroxyl groups is 1. The Morgan fingerprint density at radius 3 is 2.74 bits per heavy atom. The van der Waals surface area contributed by atoms with E-state index in [4.69, 9.17) is 14.1 Å². The Morgan fingerprint density at radius 2 is 2.03 bits per heavy atom. The van der Waals surface area contributed by atoms with Gasteiger partial charge in [-0.3, -0.25) is 4.79 Å². The van der Waals surface area contributed by atoms with E-state index in [0.717, 1.165) is 30.4 Å². The monoisotopic (exact) mass is 524 g/mol. The van der Waals surface area contributed by atoms with Crippen LogP contribution in [0.2, 0.25) is 0 Å². The average molecular weight is 524 g/mol. The highest BCUT2D eigenvalue weighted by Gasteiger charge is 2.68. The molecule has 0 amide bonds. The van der Waals surface area contributed by atoms with E-state index in [1.165, 1.54) is 0 Å². The molecule has 206 valence electrons. The zero-order valence-corrected chi connectivity index (χ0v) is 23.3. The molecule has 2 bridgehead atoms. The topological polar surface area (TPSA) is 102 Å². The summed E-state index contributed by atoms with van der Waals surface area (Å²) in [6, 6.07) is 3.53. The van der Waals surface area contributed by atoms with Crippen molar-refractivity contribution in [1.82, 2.24) is 0 Å². The first-order valence-electron chi connectivity index (χ1n) is 14.0. The van der Waals surface area contributed by atoms with Crippen LogP contribution in [0.25, 0.3) is 0 Å². The van der Waals surface area contributed by atoms with Crippen LogP contribution < -0.4 is 10.2 Å². The molecule has 38 heavy (non-hydrogen) atoms. The summed E-state index contributed by atoms with van der Waals surface area (Å²) in [4.78, 5) is 26.8. The molecule has 0 aromatic heterocycles. The number of Topliss-reactive ketones (excluding diaryl/α,β-unsaturated/α-hetero) is 1. The first-order valence-corrected chi connectivity index (χ1v) is 14.0. The van der Waals surface area contributed by atoms with Crippen molar-refractivity contribution in [1.29, 1.82) is 0 Å². The number of esters is 1. The first-order chi connectivity index (χ1) is 17.9. The van der Waals surface area contributed by atoms with Crippen molar-refractivity contribution in [2.24, 2.45) is 34.0 Å². The fourth-order valence-electron chi connectivity index (χ4n) is 8.40. The second-order valence-electron chi connectivity index (χ2n) is 12.8. The number of ketones is 1. The molecule has 8 atom stereocenters. The number of aliphatic hydroxyl groups excluding tert-OH is 1. The average Bonchev–Trinajstić information content (AvgIpc) is 3.44. The van der Waals surface area contributed by atoms with Gasteiger partial charge in [0.05, 0.1) is 12.7 Å². The van der Waals surface area contributed by atoms with Crippen molar-refractivity contribution in [3.05, 3.63) is 35.9 Å². The van der Waals surface area contributed by atoms with Crippen LogP contribution in [0.5, 0.6) is 5.75 Å². The lowest BCUT2D eigenvalue weighted by molar-refractivity contribution is -0.207. The van der Waals surface area contributed by atoms with E-state index in [-0.39, 0.29) is 35.6 Å². The molecule has 1 aliphatic heterocycles. The molecule has 0 unspecified atom stereocenters. The van der Waals surface area contributed by atoms with E-state index < -0.39 is 36.1 Å². The number of fused-ring (bicyclic) bond motifs is 1. The minimum absolute atomic E-state index is 0.0730. The molecule has 1 aromatic carbocycles. The first kappa shape index (κ1) is 27.4. The molecule has 2 N–H and O–H groups in total. The number of hydrogen-bond donors (Lipinski definition) is 2. The summed E-state index contributed by atoms with van der Waals surface area (Å²) in [5, 5.41) is 21.7. The zero-order chi connectivity index (χ0) is 27.6. The molecular formula is C30H41BO7. The Bertz CT molecular complexity index is 1150. The molecule has 3 fully saturated rings. The second-order valence-corrected chi connectivity index (χ2v) is 12.8. The fourth-order valence-corrected chi connectivity index (χ4v) is 8.40. The normalized spacial score (nSPS) is 40.1. The van der Waals surface area contributed by atoms with Crippen LogP contribution in [-0.2, 0) is 25.6 Å². The fraction of sp³-hybridized carbons (Fsp3) is 0.667. The lowest BCUT2D eigenvalue weighted by atomic mass is 9.44. The Morgan fingerprint density at radius 1 is 1.29 bits per heavy atom. The number of aryl methyl sites for hydroxylation is 1. The third kappa shape index (κ3) is 3.97. The van der Waals surface area contributed by atoms with E-state index in [1.54, 1.807) is 12.1 Å². The molecule has 3 aliphatic carbocycles. The molecule has 0 spiro atoms. The third-order valence-corrected chi connectivity index (χ3v) is 11.1. The molecule has 4 aliphatic rings. The van der Waals surface area contributed by atoms with E-state index in [2.05, 4.69) is 27.4 Å². The molecule has 1 heterocycles. The molecule has 1 aromatic rings. The van der Waals surface area contributed by atoms with Crippen molar-refractivity contribution in [2.75, 3.05) is 6.61 Å². The maximum atomic E-state index is 13.5. The van der Waals surface area contributed by atoms with Crippen molar-refractivity contribution < 1.29 is 33.8 Å². The van der Waals surface area contributed by atoms with Crippen LogP contribution in [0.4, 0.5) is 0 Å². The number of carbonyl (C=O) groups is 2. The van der Waals surface area contributed by atoms with Crippen molar-refractivity contribution in [3.8, 4) is 5.75 Å². The number of ether oxygens (including phenoxy) is 2. The minimum atomic E-state index is -1.00. The van der Waals surface area contributed by atoms with Gasteiger partial charge >= 0.3 is 13.1 Å². The summed E-state index contributed by atoms with van der Waals surface area (Å²) >= 11 is 0. The zero-order valence-electron chi connectivity index (χ0n) is 23.3. The maximum absolute atomic E-state index is 13.5. The van der Waals surface area contributed by atoms with Gasteiger partial charge in [-0.15, -0.1) is 6.58 Å². The van der Waals surface area contributed by atoms with Crippen molar-refractivity contribution >= 4 is 24.3 Å². The van der Waals surface area contributed by atoms with E-state index in [0.29, 0.717) is 30.7 Å². The number of rotatable bonds is 5. The quantitative estimate of drug-likeness (QED) is 0.345. The summed E-state index contributed by atoms with van der Waals surface area (Å²) in [5.74, 6) is -0.00318. The molecule has 5 rings (SSSR count). The Hall–Kier alpha value is -2.16. The van der Waals surface area contributed by atoms with Gasteiger partial charge in [-0.05, 0) is 78.6 Å². The minimum Gasteiger partial charge on any atom is -0.482 e. The van der Waals surface area contributed by atoms with Crippen molar-refractivity contribution in [3.63, 3.8) is 0 Å². The van der Waals surface area contributed by atoms with Crippen LogP contribution in [0.3, 0.4) is 0 Å². The standard InChI is InChI=1S/C30H41BO7/c1-7-28(5)14-24(38-25(33)16-36-20-12-17(2)21-15-37-31(35)22(21)13-20)29(6)18(3)8-10-30(19(4)27(28)34)11-9-23(32)26(29)30/h7,12-13,18-19,24,26-27,34-35H,1,8-11,14-16H2,2-6H3/t18-,19+,24-,26+,27+,28-,29+,30+/m1/s1. The second kappa shape index (κ2) is 9.49. The lowest BCUT2D eigenvalue weighted by Gasteiger charge is -2.61. The molecule has 7 nitrogen and oxygen atoms in total. The predicted octanol–water partition coefficient (Wildman–Crippen LogP) is 3.50. The highest BCUT2D eigenvalue weighted by molar-refractivity contribution is 6.61. The van der Waals surface area contributed by atoms with Crippen LogP contribution >= 0.6 is 0 Å². The van der Waals surface area contributed by atoms with Crippen LogP contribution in [0.15, 0.2) is 24.8 Å². The summed E-state index contributed by atoms with van der Waals surface area (Å²) < 4.78 is 17.4. The summed E-state index contributed by atoms with van der Waals surface area (Å²) in [6.07, 6.45) is 3.98. The van der Waals surface area contributed by atoms with Gasteiger partial charge < -0.3 is 24.3 Å².